The number of ether oxygens (including phenoxy) is 1. The summed E-state index contributed by atoms with van der Waals surface area (Å²) in [6.45, 7) is 4.24. The molecule has 25 heavy (non-hydrogen) atoms. The largest absolute Gasteiger partial charge is 0.496 e. The number of piperazine rings is 1. The van der Waals surface area contributed by atoms with Gasteiger partial charge in [-0.05, 0) is 38.1 Å². The summed E-state index contributed by atoms with van der Waals surface area (Å²) in [5.41, 5.74) is 0.892. The molecule has 2 fully saturated rings. The van der Waals surface area contributed by atoms with Gasteiger partial charge in [0.05, 0.1) is 7.11 Å². The van der Waals surface area contributed by atoms with E-state index in [0.29, 0.717) is 13.0 Å². The molecule has 1 amide bonds. The van der Waals surface area contributed by atoms with Crippen molar-refractivity contribution in [1.82, 2.24) is 14.7 Å². The molecule has 0 radical (unpaired) electrons. The number of benzene rings is 1. The van der Waals surface area contributed by atoms with Crippen LogP contribution in [0.5, 0.6) is 5.75 Å². The molecule has 1 aromatic carbocycles. The van der Waals surface area contributed by atoms with Gasteiger partial charge in [-0.1, -0.05) is 0 Å². The van der Waals surface area contributed by atoms with Crippen LogP contribution in [0.25, 0.3) is 0 Å². The molecule has 1 aromatic rings. The van der Waals surface area contributed by atoms with Crippen LogP contribution < -0.4 is 4.74 Å². The quantitative estimate of drug-likeness (QED) is 0.836. The number of carbonyl (C=O) groups is 1. The van der Waals surface area contributed by atoms with E-state index >= 15 is 0 Å². The summed E-state index contributed by atoms with van der Waals surface area (Å²) in [6, 6.07) is 4.69. The molecule has 6 heteroatoms. The lowest BCUT2D eigenvalue weighted by Crippen LogP contribution is -2.60. The van der Waals surface area contributed by atoms with Gasteiger partial charge in [-0.2, -0.15) is 0 Å². The minimum atomic E-state index is -0.235. The van der Waals surface area contributed by atoms with E-state index in [0.717, 1.165) is 50.3 Å². The van der Waals surface area contributed by atoms with Gasteiger partial charge in [-0.3, -0.25) is 14.6 Å². The molecule has 0 N–H and O–H groups in total. The van der Waals surface area contributed by atoms with Crippen LogP contribution in [0, 0.1) is 5.82 Å². The third-order valence-electron chi connectivity index (χ3n) is 5.86. The molecule has 3 rings (SSSR count). The number of likely N-dealkylation sites (N-methyl/N-ethyl adjacent to an activating group) is 1. The third-order valence-corrected chi connectivity index (χ3v) is 5.86. The fourth-order valence-electron chi connectivity index (χ4n) is 4.09. The third kappa shape index (κ3) is 3.80. The first-order chi connectivity index (χ1) is 11.9. The van der Waals surface area contributed by atoms with Crippen LogP contribution in [0.2, 0.25) is 0 Å². The summed E-state index contributed by atoms with van der Waals surface area (Å²) >= 11 is 0. The molecular formula is C19H28FN3O2. The lowest BCUT2D eigenvalue weighted by atomic mass is 9.86. The average Bonchev–Trinajstić information content (AvgIpc) is 2.73. The van der Waals surface area contributed by atoms with Crippen molar-refractivity contribution in [1.29, 1.82) is 0 Å². The number of rotatable bonds is 3. The molecule has 2 aliphatic rings. The zero-order valence-electron chi connectivity index (χ0n) is 15.4. The lowest BCUT2D eigenvalue weighted by Gasteiger charge is -2.49. The number of carbonyl (C=O) groups excluding carboxylic acids is 1. The molecular weight excluding hydrogens is 321 g/mol. The standard InChI is InChI=1S/C19H28FN3O2/c1-21-9-8-19(7-6-18(21)24)14-23(11-10-22(19)2)13-15-12-16(20)4-5-17(15)25-3/h4-5,12H,6-11,13-14H2,1-3H3/t19-/m1/s1. The summed E-state index contributed by atoms with van der Waals surface area (Å²) in [5.74, 6) is 0.723. The number of amides is 1. The zero-order chi connectivity index (χ0) is 18.0. The van der Waals surface area contributed by atoms with Crippen molar-refractivity contribution in [2.45, 2.75) is 31.3 Å². The van der Waals surface area contributed by atoms with Crippen LogP contribution in [0.3, 0.4) is 0 Å². The normalized spacial score (nSPS) is 26.1. The molecule has 0 aliphatic carbocycles. The Morgan fingerprint density at radius 1 is 1.20 bits per heavy atom. The molecule has 0 aromatic heterocycles. The van der Waals surface area contributed by atoms with E-state index in [-0.39, 0.29) is 17.3 Å². The molecule has 0 saturated carbocycles. The van der Waals surface area contributed by atoms with Crippen LogP contribution in [-0.2, 0) is 11.3 Å². The van der Waals surface area contributed by atoms with Crippen LogP contribution in [-0.4, -0.2) is 73.5 Å². The number of hydrogen-bond acceptors (Lipinski definition) is 4. The van der Waals surface area contributed by atoms with Crippen molar-refractivity contribution in [3.8, 4) is 5.75 Å². The van der Waals surface area contributed by atoms with Gasteiger partial charge in [0, 0.05) is 57.3 Å². The molecule has 0 unspecified atom stereocenters. The Morgan fingerprint density at radius 3 is 2.76 bits per heavy atom. The van der Waals surface area contributed by atoms with Gasteiger partial charge in [-0.25, -0.2) is 4.39 Å². The molecule has 2 aliphatic heterocycles. The van der Waals surface area contributed by atoms with Gasteiger partial charge in [0.15, 0.2) is 0 Å². The minimum absolute atomic E-state index is 0.0131. The predicted molar refractivity (Wildman–Crippen MR) is 95.1 cm³/mol. The summed E-state index contributed by atoms with van der Waals surface area (Å²) < 4.78 is 19.1. The van der Waals surface area contributed by atoms with Gasteiger partial charge < -0.3 is 9.64 Å². The van der Waals surface area contributed by atoms with Gasteiger partial charge in [-0.15, -0.1) is 0 Å². The number of likely N-dealkylation sites (tertiary alicyclic amines) is 1. The molecule has 0 bridgehead atoms. The maximum Gasteiger partial charge on any atom is 0.222 e. The van der Waals surface area contributed by atoms with E-state index < -0.39 is 0 Å². The summed E-state index contributed by atoms with van der Waals surface area (Å²) in [6.07, 6.45) is 2.45. The van der Waals surface area contributed by atoms with Crippen LogP contribution >= 0.6 is 0 Å². The Kier molecular flexibility index (Phi) is 5.29. The van der Waals surface area contributed by atoms with Gasteiger partial charge in [0.1, 0.15) is 11.6 Å². The summed E-state index contributed by atoms with van der Waals surface area (Å²) in [4.78, 5) is 18.7. The van der Waals surface area contributed by atoms with Crippen molar-refractivity contribution < 1.29 is 13.9 Å². The van der Waals surface area contributed by atoms with Crippen molar-refractivity contribution in [2.75, 3.05) is 47.4 Å². The highest BCUT2D eigenvalue weighted by Gasteiger charge is 2.41. The summed E-state index contributed by atoms with van der Waals surface area (Å²) in [5, 5.41) is 0. The smallest absolute Gasteiger partial charge is 0.222 e. The van der Waals surface area contributed by atoms with E-state index in [1.807, 2.05) is 11.9 Å². The number of hydrogen-bond donors (Lipinski definition) is 0. The van der Waals surface area contributed by atoms with E-state index in [4.69, 9.17) is 4.74 Å². The van der Waals surface area contributed by atoms with Gasteiger partial charge >= 0.3 is 0 Å². The van der Waals surface area contributed by atoms with Gasteiger partial charge in [0.2, 0.25) is 5.91 Å². The predicted octanol–water partition coefficient (Wildman–Crippen LogP) is 1.96. The second-order valence-corrected chi connectivity index (χ2v) is 7.38. The van der Waals surface area contributed by atoms with Crippen molar-refractivity contribution in [3.63, 3.8) is 0 Å². The lowest BCUT2D eigenvalue weighted by molar-refractivity contribution is -0.129. The number of halogens is 1. The number of methoxy groups -OCH3 is 1. The van der Waals surface area contributed by atoms with Crippen molar-refractivity contribution >= 4 is 5.91 Å². The molecule has 1 atom stereocenters. The molecule has 5 nitrogen and oxygen atoms in total. The minimum Gasteiger partial charge on any atom is -0.496 e. The topological polar surface area (TPSA) is 36.0 Å². The fraction of sp³-hybridized carbons (Fsp3) is 0.632. The zero-order valence-corrected chi connectivity index (χ0v) is 15.4. The Balaban J connectivity index is 1.77. The average molecular weight is 349 g/mol. The van der Waals surface area contributed by atoms with E-state index in [9.17, 15) is 9.18 Å². The monoisotopic (exact) mass is 349 g/mol. The Labute approximate surface area is 149 Å². The maximum absolute atomic E-state index is 13.7. The molecule has 2 saturated heterocycles. The van der Waals surface area contributed by atoms with Crippen LogP contribution in [0.4, 0.5) is 4.39 Å². The summed E-state index contributed by atoms with van der Waals surface area (Å²) in [7, 11) is 5.67. The van der Waals surface area contributed by atoms with Crippen molar-refractivity contribution in [2.24, 2.45) is 0 Å². The SMILES string of the molecule is COc1ccc(F)cc1CN1CCN(C)[C@@]2(CCC(=O)N(C)CC2)C1. The van der Waals surface area contributed by atoms with E-state index in [1.54, 1.807) is 19.2 Å². The second-order valence-electron chi connectivity index (χ2n) is 7.38. The Hall–Kier alpha value is -1.66. The first-order valence-electron chi connectivity index (χ1n) is 8.93. The molecule has 1 spiro atoms. The van der Waals surface area contributed by atoms with Crippen LogP contribution in [0.15, 0.2) is 18.2 Å². The van der Waals surface area contributed by atoms with E-state index in [1.165, 1.54) is 6.07 Å². The molecule has 2 heterocycles. The first-order valence-corrected chi connectivity index (χ1v) is 8.93. The molecule has 138 valence electrons. The number of nitrogens with zero attached hydrogens (tertiary/aromatic N) is 3. The van der Waals surface area contributed by atoms with Gasteiger partial charge in [0.25, 0.3) is 0 Å². The maximum atomic E-state index is 13.7. The second kappa shape index (κ2) is 7.30. The highest BCUT2D eigenvalue weighted by atomic mass is 19.1. The highest BCUT2D eigenvalue weighted by Crippen LogP contribution is 2.33. The Morgan fingerprint density at radius 2 is 2.00 bits per heavy atom. The Bertz CT molecular complexity index is 639. The fourth-order valence-corrected chi connectivity index (χ4v) is 4.09. The van der Waals surface area contributed by atoms with E-state index in [2.05, 4.69) is 16.8 Å². The first kappa shape index (κ1) is 18.1. The highest BCUT2D eigenvalue weighted by molar-refractivity contribution is 5.76. The van der Waals surface area contributed by atoms with Crippen molar-refractivity contribution in [3.05, 3.63) is 29.6 Å². The van der Waals surface area contributed by atoms with Crippen LogP contribution in [0.1, 0.15) is 24.8 Å².